The van der Waals surface area contributed by atoms with E-state index in [1.165, 1.54) is 68.6 Å². The number of hydrogen-bond donors (Lipinski definition) is 5. The van der Waals surface area contributed by atoms with Crippen molar-refractivity contribution in [3.63, 3.8) is 0 Å². The first-order chi connectivity index (χ1) is 24.8. The van der Waals surface area contributed by atoms with Gasteiger partial charge in [-0.3, -0.25) is 25.1 Å². The quantitative estimate of drug-likeness (QED) is 0.0637. The molecule has 274 valence electrons. The number of aliphatic hydroxyl groups is 1. The van der Waals surface area contributed by atoms with Gasteiger partial charge < -0.3 is 34.7 Å². The molecule has 1 atom stereocenters. The summed E-state index contributed by atoms with van der Waals surface area (Å²) in [6.45, 7) is 8.32. The number of benzene rings is 2. The molecule has 5 N–H and O–H groups in total. The minimum atomic E-state index is -1.30. The molecule has 4 rings (SSSR count). The van der Waals surface area contributed by atoms with Crippen LogP contribution in [0.15, 0.2) is 55.1 Å². The lowest BCUT2D eigenvalue weighted by atomic mass is 9.94. The molecular weight excluding hydrogens is 674 g/mol. The second-order valence-electron chi connectivity index (χ2n) is 12.0. The van der Waals surface area contributed by atoms with Gasteiger partial charge in [0.25, 0.3) is 11.8 Å². The number of amides is 3. The predicted molar refractivity (Wildman–Crippen MR) is 190 cm³/mol. The molecule has 52 heavy (non-hydrogen) atoms. The summed E-state index contributed by atoms with van der Waals surface area (Å²) < 4.78 is 20.9. The fraction of sp³-hybridized carbons (Fsp3) is 0.324. The number of alkyl carbamates (subject to hydrolysis) is 1. The summed E-state index contributed by atoms with van der Waals surface area (Å²) in [5, 5.41) is 24.8. The van der Waals surface area contributed by atoms with E-state index in [4.69, 9.17) is 29.5 Å². The minimum absolute atomic E-state index is 0.0642. The van der Waals surface area contributed by atoms with E-state index in [9.17, 15) is 24.0 Å². The molecule has 1 fully saturated rings. The zero-order valence-corrected chi connectivity index (χ0v) is 29.2. The Morgan fingerprint density at radius 1 is 1.00 bits per heavy atom. The Labute approximate surface area is 300 Å². The van der Waals surface area contributed by atoms with Crippen LogP contribution >= 0.6 is 0 Å². The van der Waals surface area contributed by atoms with Gasteiger partial charge in [0.05, 0.1) is 19.6 Å². The van der Waals surface area contributed by atoms with Gasteiger partial charge in [0.15, 0.2) is 5.69 Å². The fourth-order valence-corrected chi connectivity index (χ4v) is 4.75. The van der Waals surface area contributed by atoms with E-state index in [1.807, 2.05) is 0 Å². The van der Waals surface area contributed by atoms with Crippen molar-refractivity contribution in [3.05, 3.63) is 83.2 Å². The molecule has 2 aromatic carbocycles. The van der Waals surface area contributed by atoms with E-state index in [2.05, 4.69) is 27.5 Å². The zero-order valence-electron chi connectivity index (χ0n) is 29.2. The van der Waals surface area contributed by atoms with E-state index in [1.54, 1.807) is 13.8 Å². The SMILES string of the molecule is C=Cc1cc(C(=O)Nc2ccc(C(=N)NC(=O)OCCO)cc2)c(-c2ccc(C(=O)NCC3CC3)nc2C(=O)OC(C)OC(=O)C(C)C)cc1OC. The van der Waals surface area contributed by atoms with Gasteiger partial charge in [-0.2, -0.15) is 0 Å². The Hall–Kier alpha value is -6.09. The molecule has 3 amide bonds. The molecular formula is C37H41N5O10. The van der Waals surface area contributed by atoms with Crippen LogP contribution in [0.3, 0.4) is 0 Å². The highest BCUT2D eigenvalue weighted by Gasteiger charge is 2.28. The van der Waals surface area contributed by atoms with Gasteiger partial charge in [-0.05, 0) is 67.3 Å². The van der Waals surface area contributed by atoms with E-state index in [-0.39, 0.29) is 47.1 Å². The average molecular weight is 716 g/mol. The summed E-state index contributed by atoms with van der Waals surface area (Å²) in [6.07, 6.45) is 1.31. The summed E-state index contributed by atoms with van der Waals surface area (Å²) in [7, 11) is 1.43. The van der Waals surface area contributed by atoms with Crippen molar-refractivity contribution in [3.8, 4) is 16.9 Å². The highest BCUT2D eigenvalue weighted by atomic mass is 16.7. The predicted octanol–water partition coefficient (Wildman–Crippen LogP) is 4.54. The highest BCUT2D eigenvalue weighted by Crippen LogP contribution is 2.35. The number of carbonyl (C=O) groups excluding carboxylic acids is 5. The van der Waals surface area contributed by atoms with Crippen molar-refractivity contribution in [1.29, 1.82) is 5.41 Å². The number of rotatable bonds is 15. The summed E-state index contributed by atoms with van der Waals surface area (Å²) in [5.41, 5.74) is 1.10. The smallest absolute Gasteiger partial charge is 0.412 e. The summed E-state index contributed by atoms with van der Waals surface area (Å²) >= 11 is 0. The molecule has 1 unspecified atom stereocenters. The van der Waals surface area contributed by atoms with Crippen LogP contribution in [0.2, 0.25) is 0 Å². The number of nitrogens with one attached hydrogen (secondary N) is 4. The van der Waals surface area contributed by atoms with Crippen molar-refractivity contribution in [2.24, 2.45) is 11.8 Å². The first-order valence-corrected chi connectivity index (χ1v) is 16.5. The van der Waals surface area contributed by atoms with Gasteiger partial charge in [0.2, 0.25) is 6.29 Å². The van der Waals surface area contributed by atoms with Gasteiger partial charge >= 0.3 is 18.0 Å². The van der Waals surface area contributed by atoms with Crippen molar-refractivity contribution in [2.75, 3.05) is 32.2 Å². The van der Waals surface area contributed by atoms with Gasteiger partial charge in [-0.1, -0.05) is 26.5 Å². The molecule has 1 aliphatic rings. The van der Waals surface area contributed by atoms with Crippen LogP contribution in [0, 0.1) is 17.2 Å². The van der Waals surface area contributed by atoms with Crippen molar-refractivity contribution < 1.29 is 48.0 Å². The molecule has 0 radical (unpaired) electrons. The molecule has 1 aliphatic carbocycles. The van der Waals surface area contributed by atoms with Gasteiger partial charge in [0.1, 0.15) is 23.9 Å². The molecule has 15 heteroatoms. The number of aliphatic hydroxyl groups excluding tert-OH is 1. The fourth-order valence-electron chi connectivity index (χ4n) is 4.75. The number of carbonyl (C=O) groups is 5. The lowest BCUT2D eigenvalue weighted by Crippen LogP contribution is -2.31. The molecule has 1 heterocycles. The maximum Gasteiger partial charge on any atom is 0.412 e. The first-order valence-electron chi connectivity index (χ1n) is 16.5. The van der Waals surface area contributed by atoms with Crippen LogP contribution in [0.4, 0.5) is 10.5 Å². The van der Waals surface area contributed by atoms with Crippen molar-refractivity contribution in [2.45, 2.75) is 39.9 Å². The lowest BCUT2D eigenvalue weighted by molar-refractivity contribution is -0.169. The molecule has 3 aromatic rings. The average Bonchev–Trinajstić information content (AvgIpc) is 3.97. The van der Waals surface area contributed by atoms with Crippen molar-refractivity contribution in [1.82, 2.24) is 15.6 Å². The number of hydrogen-bond acceptors (Lipinski definition) is 12. The lowest BCUT2D eigenvalue weighted by Gasteiger charge is -2.19. The second-order valence-corrected chi connectivity index (χ2v) is 12.0. The standard InChI is InChI=1S/C37H41N5O10/c1-6-23-17-28(33(44)40-25-11-9-24(10-12-25)32(38)42-37(48)50-16-15-43)27(18-30(23)49-5)26-13-14-29(34(45)39-19-22-7-8-22)41-31(26)36(47)52-21(4)51-35(46)20(2)3/h6,9-14,17-18,20-22,43H,1,7-8,15-16,19H2,2-5H3,(H,39,45)(H,40,44)(H2,38,42,48). The van der Waals surface area contributed by atoms with E-state index < -0.39 is 42.1 Å². The molecule has 0 saturated heterocycles. The molecule has 0 spiro atoms. The van der Waals surface area contributed by atoms with E-state index >= 15 is 0 Å². The number of methoxy groups -OCH3 is 1. The van der Waals surface area contributed by atoms with Crippen LogP contribution in [-0.2, 0) is 19.0 Å². The summed E-state index contributed by atoms with van der Waals surface area (Å²) in [4.78, 5) is 69.0. The number of nitrogens with zero attached hydrogens (tertiary/aromatic N) is 1. The number of anilines is 1. The zero-order chi connectivity index (χ0) is 37.9. The second kappa shape index (κ2) is 17.7. The van der Waals surface area contributed by atoms with Gasteiger partial charge in [0, 0.05) is 47.0 Å². The normalized spacial score (nSPS) is 12.6. The third-order valence-corrected chi connectivity index (χ3v) is 7.70. The summed E-state index contributed by atoms with van der Waals surface area (Å²) in [5.74, 6) is -2.75. The number of esters is 2. The Morgan fingerprint density at radius 2 is 1.71 bits per heavy atom. The number of amidine groups is 1. The summed E-state index contributed by atoms with van der Waals surface area (Å²) in [6, 6.07) is 12.0. The van der Waals surface area contributed by atoms with Gasteiger partial charge in [-0.15, -0.1) is 0 Å². The number of aromatic nitrogens is 1. The number of pyridine rings is 1. The van der Waals surface area contributed by atoms with Crippen LogP contribution in [0.1, 0.15) is 76.1 Å². The van der Waals surface area contributed by atoms with Crippen LogP contribution in [0.25, 0.3) is 17.2 Å². The molecule has 15 nitrogen and oxygen atoms in total. The Bertz CT molecular complexity index is 1850. The largest absolute Gasteiger partial charge is 0.496 e. The molecule has 1 saturated carbocycles. The third-order valence-electron chi connectivity index (χ3n) is 7.70. The van der Waals surface area contributed by atoms with Crippen LogP contribution in [-0.4, -0.2) is 78.9 Å². The van der Waals surface area contributed by atoms with Crippen molar-refractivity contribution >= 4 is 47.4 Å². The molecule has 0 aliphatic heterocycles. The number of ether oxygens (including phenoxy) is 4. The monoisotopic (exact) mass is 715 g/mol. The van der Waals surface area contributed by atoms with E-state index in [0.29, 0.717) is 35.0 Å². The maximum absolute atomic E-state index is 13.9. The van der Waals surface area contributed by atoms with E-state index in [0.717, 1.165) is 12.8 Å². The Morgan fingerprint density at radius 3 is 2.33 bits per heavy atom. The van der Waals surface area contributed by atoms with Crippen LogP contribution in [0.5, 0.6) is 5.75 Å². The van der Waals surface area contributed by atoms with Gasteiger partial charge in [-0.25, -0.2) is 14.6 Å². The Kier molecular flexibility index (Phi) is 13.2. The van der Waals surface area contributed by atoms with Crippen LogP contribution < -0.4 is 20.7 Å². The molecule has 1 aromatic heterocycles. The topological polar surface area (TPSA) is 215 Å². The highest BCUT2D eigenvalue weighted by molar-refractivity contribution is 6.11. The molecule has 0 bridgehead atoms. The maximum atomic E-state index is 13.9. The minimum Gasteiger partial charge on any atom is -0.496 e. The Balaban J connectivity index is 1.71. The first kappa shape index (κ1) is 38.7. The third kappa shape index (κ3) is 10.2.